The summed E-state index contributed by atoms with van der Waals surface area (Å²) in [4.78, 5) is 14.6. The Balaban J connectivity index is 1.24. The van der Waals surface area contributed by atoms with Crippen LogP contribution in [0.25, 0.3) is 5.57 Å². The normalized spacial score (nSPS) is 13.9. The Morgan fingerprint density at radius 2 is 1.59 bits per heavy atom. The van der Waals surface area contributed by atoms with Crippen LogP contribution in [0.15, 0.2) is 78.9 Å². The van der Waals surface area contributed by atoms with E-state index < -0.39 is 0 Å². The highest BCUT2D eigenvalue weighted by Crippen LogP contribution is 2.36. The summed E-state index contributed by atoms with van der Waals surface area (Å²) >= 11 is 0. The third kappa shape index (κ3) is 7.13. The average Bonchev–Trinajstić information content (AvgIpc) is 3.05. The van der Waals surface area contributed by atoms with Crippen LogP contribution in [0, 0.1) is 0 Å². The quantitative estimate of drug-likeness (QED) is 0.282. The molecule has 0 aromatic heterocycles. The van der Waals surface area contributed by atoms with Crippen LogP contribution >= 0.6 is 0 Å². The number of nitrogens with zero attached hydrogens (tertiary/aromatic N) is 1. The lowest BCUT2D eigenvalue weighted by Crippen LogP contribution is -2.27. The number of amides is 1. The molecule has 3 heteroatoms. The van der Waals surface area contributed by atoms with Crippen molar-refractivity contribution in [3.05, 3.63) is 107 Å². The van der Waals surface area contributed by atoms with Crippen molar-refractivity contribution in [2.45, 2.75) is 71.3 Å². The van der Waals surface area contributed by atoms with E-state index in [-0.39, 0.29) is 11.3 Å². The minimum absolute atomic E-state index is 0.195. The van der Waals surface area contributed by atoms with Gasteiger partial charge in [-0.3, -0.25) is 4.79 Å². The van der Waals surface area contributed by atoms with Crippen molar-refractivity contribution in [3.8, 4) is 5.75 Å². The first kappa shape index (κ1) is 26.7. The van der Waals surface area contributed by atoms with Crippen LogP contribution in [0.3, 0.4) is 0 Å². The van der Waals surface area contributed by atoms with Gasteiger partial charge in [-0.25, -0.2) is 0 Å². The lowest BCUT2D eigenvalue weighted by atomic mass is 9.86. The van der Waals surface area contributed by atoms with Gasteiger partial charge in [0.15, 0.2) is 0 Å². The van der Waals surface area contributed by atoms with E-state index in [2.05, 4.69) is 87.5 Å². The van der Waals surface area contributed by atoms with E-state index in [0.717, 1.165) is 43.4 Å². The smallest absolute Gasteiger partial charge is 0.222 e. The Labute approximate surface area is 223 Å². The van der Waals surface area contributed by atoms with Gasteiger partial charge in [0.2, 0.25) is 5.91 Å². The maximum Gasteiger partial charge on any atom is 0.222 e. The fourth-order valence-corrected chi connectivity index (χ4v) is 4.92. The molecule has 3 nitrogen and oxygen atoms in total. The number of hydrogen-bond donors (Lipinski definition) is 0. The number of benzene rings is 3. The third-order valence-corrected chi connectivity index (χ3v) is 7.28. The van der Waals surface area contributed by atoms with Crippen molar-refractivity contribution in [2.75, 3.05) is 13.6 Å². The van der Waals surface area contributed by atoms with E-state index in [4.69, 9.17) is 4.74 Å². The Hall–Kier alpha value is -3.33. The Kier molecular flexibility index (Phi) is 8.87. The van der Waals surface area contributed by atoms with Gasteiger partial charge in [-0.05, 0) is 65.0 Å². The van der Waals surface area contributed by atoms with E-state index in [1.807, 2.05) is 24.1 Å². The molecule has 3 aromatic rings. The van der Waals surface area contributed by atoms with Gasteiger partial charge in [0.25, 0.3) is 0 Å². The molecule has 37 heavy (non-hydrogen) atoms. The molecule has 0 radical (unpaired) electrons. The topological polar surface area (TPSA) is 29.5 Å². The summed E-state index contributed by atoms with van der Waals surface area (Å²) in [5.41, 5.74) is 7.68. The van der Waals surface area contributed by atoms with E-state index in [0.29, 0.717) is 19.6 Å². The average molecular weight is 496 g/mol. The first-order valence-corrected chi connectivity index (χ1v) is 13.7. The largest absolute Gasteiger partial charge is 0.488 e. The SMILES string of the molecule is CN(CCC=C1c2ccccc2COc2ccccc21)C(=O)CCCCCc1ccc(C(C)(C)C)cc1. The second-order valence-electron chi connectivity index (χ2n) is 11.2. The monoisotopic (exact) mass is 495 g/mol. The third-order valence-electron chi connectivity index (χ3n) is 7.28. The van der Waals surface area contributed by atoms with Crippen molar-refractivity contribution in [1.29, 1.82) is 0 Å². The molecule has 0 N–H and O–H groups in total. The number of carbonyl (C=O) groups excluding carboxylic acids is 1. The first-order valence-electron chi connectivity index (χ1n) is 13.7. The summed E-state index contributed by atoms with van der Waals surface area (Å²) in [5.74, 6) is 1.15. The molecule has 1 heterocycles. The summed E-state index contributed by atoms with van der Waals surface area (Å²) in [6.07, 6.45) is 7.93. The Morgan fingerprint density at radius 3 is 2.35 bits per heavy atom. The number of ether oxygens (including phenoxy) is 1. The van der Waals surface area contributed by atoms with Gasteiger partial charge < -0.3 is 9.64 Å². The number of unbranched alkanes of at least 4 members (excludes halogenated alkanes) is 2. The van der Waals surface area contributed by atoms with E-state index in [9.17, 15) is 4.79 Å². The number of hydrogen-bond acceptors (Lipinski definition) is 2. The number of carbonyl (C=O) groups is 1. The summed E-state index contributed by atoms with van der Waals surface area (Å²) in [7, 11) is 1.93. The van der Waals surface area contributed by atoms with Gasteiger partial charge >= 0.3 is 0 Å². The zero-order valence-corrected chi connectivity index (χ0v) is 22.9. The fraction of sp³-hybridized carbons (Fsp3) is 0.382. The van der Waals surface area contributed by atoms with Gasteiger partial charge in [-0.2, -0.15) is 0 Å². The highest BCUT2D eigenvalue weighted by Gasteiger charge is 2.18. The summed E-state index contributed by atoms with van der Waals surface area (Å²) in [6.45, 7) is 8.03. The Morgan fingerprint density at radius 1 is 0.892 bits per heavy atom. The highest BCUT2D eigenvalue weighted by molar-refractivity contribution is 5.85. The van der Waals surface area contributed by atoms with Crippen molar-refractivity contribution in [3.63, 3.8) is 0 Å². The minimum Gasteiger partial charge on any atom is -0.488 e. The number of rotatable bonds is 9. The molecule has 1 aliphatic rings. The number of fused-ring (bicyclic) bond motifs is 2. The molecule has 3 aromatic carbocycles. The minimum atomic E-state index is 0.195. The van der Waals surface area contributed by atoms with E-state index in [1.165, 1.54) is 27.8 Å². The van der Waals surface area contributed by atoms with Crippen molar-refractivity contribution in [1.82, 2.24) is 4.90 Å². The molecule has 194 valence electrons. The summed E-state index contributed by atoms with van der Waals surface area (Å²) in [6, 6.07) is 25.7. The molecule has 0 spiro atoms. The molecule has 0 bridgehead atoms. The molecule has 0 unspecified atom stereocenters. The lowest BCUT2D eigenvalue weighted by molar-refractivity contribution is -0.129. The molecule has 0 atom stereocenters. The predicted octanol–water partition coefficient (Wildman–Crippen LogP) is 7.96. The van der Waals surface area contributed by atoms with Crippen molar-refractivity contribution in [2.24, 2.45) is 0 Å². The van der Waals surface area contributed by atoms with Gasteiger partial charge in [0.05, 0.1) is 0 Å². The van der Waals surface area contributed by atoms with Crippen LogP contribution in [0.2, 0.25) is 0 Å². The molecule has 1 amide bonds. The van der Waals surface area contributed by atoms with Crippen LogP contribution in [-0.2, 0) is 23.2 Å². The zero-order chi connectivity index (χ0) is 26.3. The van der Waals surface area contributed by atoms with Crippen molar-refractivity contribution >= 4 is 11.5 Å². The second-order valence-corrected chi connectivity index (χ2v) is 11.2. The maximum atomic E-state index is 12.7. The summed E-state index contributed by atoms with van der Waals surface area (Å²) < 4.78 is 6.08. The van der Waals surface area contributed by atoms with Crippen molar-refractivity contribution < 1.29 is 9.53 Å². The predicted molar refractivity (Wildman–Crippen MR) is 154 cm³/mol. The molecule has 0 saturated heterocycles. The first-order chi connectivity index (χ1) is 17.8. The van der Waals surface area contributed by atoms with Crippen LogP contribution in [-0.4, -0.2) is 24.4 Å². The zero-order valence-electron chi connectivity index (χ0n) is 22.9. The number of aryl methyl sites for hydroxylation is 1. The van der Waals surface area contributed by atoms with Crippen LogP contribution in [0.1, 0.15) is 80.7 Å². The second kappa shape index (κ2) is 12.3. The van der Waals surface area contributed by atoms with Gasteiger partial charge in [-0.1, -0.05) is 100.0 Å². The van der Waals surface area contributed by atoms with Crippen LogP contribution < -0.4 is 4.74 Å². The highest BCUT2D eigenvalue weighted by atomic mass is 16.5. The standard InChI is InChI=1S/C34H41NO2/c1-34(2,3)28-22-20-26(21-23-28)13-6-5-7-19-33(36)35(4)24-12-17-30-29-15-9-8-14-27(29)25-37-32-18-11-10-16-31(30)32/h8-11,14-18,20-23H,5-7,12-13,19,24-25H2,1-4H3. The Bertz CT molecular complexity index is 1170. The molecule has 1 aliphatic heterocycles. The van der Waals surface area contributed by atoms with Gasteiger partial charge in [0.1, 0.15) is 12.4 Å². The molecule has 4 rings (SSSR count). The summed E-state index contributed by atoms with van der Waals surface area (Å²) in [5, 5.41) is 0. The maximum absolute atomic E-state index is 12.7. The van der Waals surface area contributed by atoms with Crippen LogP contribution in [0.4, 0.5) is 0 Å². The molecular formula is C34H41NO2. The van der Waals surface area contributed by atoms with Crippen LogP contribution in [0.5, 0.6) is 5.75 Å². The molecule has 0 aliphatic carbocycles. The molecule has 0 saturated carbocycles. The molecule has 0 fully saturated rings. The van der Waals surface area contributed by atoms with Gasteiger partial charge in [0, 0.05) is 25.6 Å². The van der Waals surface area contributed by atoms with Gasteiger partial charge in [-0.15, -0.1) is 0 Å². The number of para-hydroxylation sites is 1. The lowest BCUT2D eigenvalue weighted by Gasteiger charge is -2.19. The molecular weight excluding hydrogens is 454 g/mol. The van der Waals surface area contributed by atoms with E-state index >= 15 is 0 Å². The van der Waals surface area contributed by atoms with E-state index in [1.54, 1.807) is 0 Å². The fourth-order valence-electron chi connectivity index (χ4n) is 4.92.